The topological polar surface area (TPSA) is 114 Å². The summed E-state index contributed by atoms with van der Waals surface area (Å²) in [6.45, 7) is 4.70. The molecule has 0 radical (unpaired) electrons. The first-order valence-corrected chi connectivity index (χ1v) is 11.2. The fourth-order valence-corrected chi connectivity index (χ4v) is 3.94. The van der Waals surface area contributed by atoms with Gasteiger partial charge in [-0.25, -0.2) is 4.79 Å². The van der Waals surface area contributed by atoms with E-state index in [9.17, 15) is 13.2 Å². The minimum Gasteiger partial charge on any atom is -0.475 e. The maximum atomic E-state index is 10.6. The highest BCUT2D eigenvalue weighted by Gasteiger charge is 2.38. The molecule has 37 heavy (non-hydrogen) atoms. The number of carboxylic acids is 1. The van der Waals surface area contributed by atoms with E-state index < -0.39 is 12.1 Å². The van der Waals surface area contributed by atoms with Crippen molar-refractivity contribution >= 4 is 22.6 Å². The molecule has 12 heteroatoms. The standard InChI is InChI=1S/C23H21N7.C2HF3O2/c1-16(10-12-24)29-13-11-19(27-29)21-14-22-20(8-9-23-26-25-17(2)30(22)23)28(21)15-18-6-4-3-5-7-18;3-2(4,5)1(6)7/h3-9,11,13-14,16H,10,15H2,1-2H3;(H,6,7). The Morgan fingerprint density at radius 1 is 1.11 bits per heavy atom. The van der Waals surface area contributed by atoms with E-state index in [1.807, 2.05) is 42.9 Å². The molecule has 0 aliphatic rings. The number of carbonyl (C=O) groups is 1. The molecule has 1 aromatic carbocycles. The van der Waals surface area contributed by atoms with Gasteiger partial charge in [0.25, 0.3) is 0 Å². The summed E-state index contributed by atoms with van der Waals surface area (Å²) in [6.07, 6.45) is -2.71. The third-order valence-electron chi connectivity index (χ3n) is 5.73. The first-order chi connectivity index (χ1) is 17.6. The van der Waals surface area contributed by atoms with Crippen molar-refractivity contribution in [2.45, 2.75) is 39.0 Å². The summed E-state index contributed by atoms with van der Waals surface area (Å²) in [4.78, 5) is 8.90. The lowest BCUT2D eigenvalue weighted by Crippen LogP contribution is -2.21. The molecule has 4 heterocycles. The lowest BCUT2D eigenvalue weighted by Gasteiger charge is -2.11. The summed E-state index contributed by atoms with van der Waals surface area (Å²) in [5.41, 5.74) is 6.11. The van der Waals surface area contributed by atoms with E-state index in [-0.39, 0.29) is 6.04 Å². The smallest absolute Gasteiger partial charge is 0.475 e. The normalized spacial score (nSPS) is 12.2. The van der Waals surface area contributed by atoms with E-state index in [2.05, 4.69) is 61.6 Å². The fourth-order valence-electron chi connectivity index (χ4n) is 3.94. The van der Waals surface area contributed by atoms with Crippen LogP contribution < -0.4 is 0 Å². The van der Waals surface area contributed by atoms with Crippen LogP contribution in [0.25, 0.3) is 28.1 Å². The molecule has 0 bridgehead atoms. The van der Waals surface area contributed by atoms with Crippen molar-refractivity contribution in [1.29, 1.82) is 5.26 Å². The summed E-state index contributed by atoms with van der Waals surface area (Å²) in [7, 11) is 0. The van der Waals surface area contributed by atoms with Gasteiger partial charge in [-0.2, -0.15) is 23.5 Å². The van der Waals surface area contributed by atoms with Gasteiger partial charge >= 0.3 is 12.1 Å². The molecule has 0 aliphatic heterocycles. The highest BCUT2D eigenvalue weighted by Crippen LogP contribution is 2.30. The third-order valence-corrected chi connectivity index (χ3v) is 5.73. The van der Waals surface area contributed by atoms with Crippen LogP contribution in [0.2, 0.25) is 0 Å². The van der Waals surface area contributed by atoms with Gasteiger partial charge in [0, 0.05) is 12.7 Å². The molecule has 1 atom stereocenters. The number of nitriles is 1. The zero-order valence-corrected chi connectivity index (χ0v) is 19.9. The van der Waals surface area contributed by atoms with E-state index in [4.69, 9.17) is 20.3 Å². The molecular weight excluding hydrogens is 487 g/mol. The number of hydrogen-bond acceptors (Lipinski definition) is 5. The Kier molecular flexibility index (Phi) is 6.97. The van der Waals surface area contributed by atoms with Crippen molar-refractivity contribution in [3.63, 3.8) is 0 Å². The number of pyridine rings is 1. The number of fused-ring (bicyclic) bond motifs is 3. The van der Waals surface area contributed by atoms with Gasteiger partial charge in [0.1, 0.15) is 11.5 Å². The van der Waals surface area contributed by atoms with Crippen LogP contribution in [0.5, 0.6) is 0 Å². The Balaban J connectivity index is 0.000000405. The fraction of sp³-hybridized carbons (Fsp3) is 0.240. The molecule has 190 valence electrons. The maximum Gasteiger partial charge on any atom is 0.490 e. The number of rotatable bonds is 5. The van der Waals surface area contributed by atoms with Gasteiger partial charge in [0.15, 0.2) is 5.65 Å². The molecule has 1 N–H and O–H groups in total. The number of hydrogen-bond donors (Lipinski definition) is 1. The number of benzene rings is 1. The number of alkyl halides is 3. The Hall–Kier alpha value is -4.66. The number of halogens is 3. The molecule has 0 saturated carbocycles. The molecular formula is C25H22F3N7O2. The van der Waals surface area contributed by atoms with Crippen LogP contribution in [0.15, 0.2) is 60.8 Å². The molecule has 0 saturated heterocycles. The maximum absolute atomic E-state index is 10.6. The lowest BCUT2D eigenvalue weighted by atomic mass is 10.2. The summed E-state index contributed by atoms with van der Waals surface area (Å²) < 4.78 is 38.0. The molecule has 0 aliphatic carbocycles. The van der Waals surface area contributed by atoms with Gasteiger partial charge in [-0.15, -0.1) is 10.2 Å². The summed E-state index contributed by atoms with van der Waals surface area (Å²) in [5, 5.41) is 29.4. The van der Waals surface area contributed by atoms with Crippen molar-refractivity contribution < 1.29 is 23.1 Å². The molecule has 1 unspecified atom stereocenters. The van der Waals surface area contributed by atoms with Crippen molar-refractivity contribution in [3.05, 3.63) is 72.2 Å². The van der Waals surface area contributed by atoms with Crippen molar-refractivity contribution in [1.82, 2.24) is 28.9 Å². The SMILES string of the molecule is Cc1nnc2ccc3c(cc(-c4ccn(C(C)CC#N)n4)n3Cc3ccccc3)n12.O=C(O)C(F)(F)F. The zero-order valence-electron chi connectivity index (χ0n) is 19.9. The highest BCUT2D eigenvalue weighted by atomic mass is 19.4. The van der Waals surface area contributed by atoms with E-state index in [1.165, 1.54) is 5.56 Å². The Morgan fingerprint density at radius 3 is 2.46 bits per heavy atom. The minimum atomic E-state index is -5.08. The van der Waals surface area contributed by atoms with Gasteiger partial charge in [0.2, 0.25) is 0 Å². The number of nitrogens with zero attached hydrogens (tertiary/aromatic N) is 7. The number of aliphatic carboxylic acids is 1. The van der Waals surface area contributed by atoms with Crippen LogP contribution in [0.3, 0.4) is 0 Å². The third kappa shape index (κ3) is 5.30. The monoisotopic (exact) mass is 509 g/mol. The van der Waals surface area contributed by atoms with Gasteiger partial charge in [-0.3, -0.25) is 9.08 Å². The van der Waals surface area contributed by atoms with Gasteiger partial charge in [-0.05, 0) is 43.7 Å². The molecule has 4 aromatic heterocycles. The largest absolute Gasteiger partial charge is 0.490 e. The van der Waals surface area contributed by atoms with Crippen LogP contribution in [0.4, 0.5) is 13.2 Å². The van der Waals surface area contributed by atoms with Gasteiger partial charge in [-0.1, -0.05) is 30.3 Å². The van der Waals surface area contributed by atoms with Crippen molar-refractivity contribution in [3.8, 4) is 17.5 Å². The number of carboxylic acid groups (broad SMARTS) is 1. The van der Waals surface area contributed by atoms with E-state index in [1.54, 1.807) is 0 Å². The van der Waals surface area contributed by atoms with E-state index >= 15 is 0 Å². The molecule has 9 nitrogen and oxygen atoms in total. The highest BCUT2D eigenvalue weighted by molar-refractivity contribution is 5.86. The molecule has 5 rings (SSSR count). The molecule has 5 aromatic rings. The first-order valence-electron chi connectivity index (χ1n) is 11.2. The number of aromatic nitrogens is 6. The van der Waals surface area contributed by atoms with Crippen LogP contribution >= 0.6 is 0 Å². The zero-order chi connectivity index (χ0) is 26.7. The summed E-state index contributed by atoms with van der Waals surface area (Å²) >= 11 is 0. The van der Waals surface area contributed by atoms with Crippen molar-refractivity contribution in [2.75, 3.05) is 0 Å². The molecule has 0 spiro atoms. The second-order valence-electron chi connectivity index (χ2n) is 8.34. The van der Waals surface area contributed by atoms with Crippen LogP contribution in [0.1, 0.15) is 30.8 Å². The Bertz CT molecular complexity index is 1590. The van der Waals surface area contributed by atoms with Crippen molar-refractivity contribution in [2.24, 2.45) is 0 Å². The van der Waals surface area contributed by atoms with Gasteiger partial charge in [0.05, 0.1) is 35.3 Å². The molecule has 0 amide bonds. The summed E-state index contributed by atoms with van der Waals surface area (Å²) in [5.74, 6) is -1.90. The number of aryl methyl sites for hydroxylation is 1. The Labute approximate surface area is 209 Å². The second kappa shape index (κ2) is 10.1. The van der Waals surface area contributed by atoms with Crippen LogP contribution in [-0.2, 0) is 11.3 Å². The lowest BCUT2D eigenvalue weighted by molar-refractivity contribution is -0.192. The Morgan fingerprint density at radius 2 is 1.81 bits per heavy atom. The van der Waals surface area contributed by atoms with Gasteiger partial charge < -0.3 is 9.67 Å². The van der Waals surface area contributed by atoms with E-state index in [0.717, 1.165) is 40.4 Å². The quantitative estimate of drug-likeness (QED) is 0.356. The average molecular weight is 509 g/mol. The predicted molar refractivity (Wildman–Crippen MR) is 129 cm³/mol. The first kappa shape index (κ1) is 25.4. The predicted octanol–water partition coefficient (Wildman–Crippen LogP) is 5.01. The van der Waals surface area contributed by atoms with Crippen LogP contribution in [0, 0.1) is 18.3 Å². The summed E-state index contributed by atoms with van der Waals surface area (Å²) in [6, 6.07) is 20.9. The van der Waals surface area contributed by atoms with E-state index in [0.29, 0.717) is 6.42 Å². The second-order valence-corrected chi connectivity index (χ2v) is 8.34. The molecule has 0 fully saturated rings. The van der Waals surface area contributed by atoms with Crippen LogP contribution in [-0.4, -0.2) is 46.2 Å². The average Bonchev–Trinajstić information content (AvgIpc) is 3.57. The minimum absolute atomic E-state index is 0.0301.